The number of nitrogens with zero attached hydrogens (tertiary/aromatic N) is 2. The number of rotatable bonds is 0. The maximum absolute atomic E-state index is 5.73. The summed E-state index contributed by atoms with van der Waals surface area (Å²) < 4.78 is 5.12. The number of hydrogen-bond donors (Lipinski definition) is 0. The van der Waals surface area contributed by atoms with Gasteiger partial charge in [-0.05, 0) is 6.92 Å². The van der Waals surface area contributed by atoms with E-state index in [0.717, 1.165) is 11.1 Å². The smallest absolute Gasteiger partial charge is 0.189 e. The molecule has 0 aliphatic heterocycles. The first-order valence-corrected chi connectivity index (χ1v) is 3.51. The molecule has 56 valence electrons. The molecule has 0 N–H and O–H groups in total. The summed E-state index contributed by atoms with van der Waals surface area (Å²) >= 11 is 5.73. The van der Waals surface area contributed by atoms with Crippen LogP contribution in [0.25, 0.3) is 11.1 Å². The van der Waals surface area contributed by atoms with Crippen LogP contribution in [0.4, 0.5) is 0 Å². The topological polar surface area (TPSA) is 38.9 Å². The van der Waals surface area contributed by atoms with Gasteiger partial charge in [-0.25, -0.2) is 9.97 Å². The van der Waals surface area contributed by atoms with Gasteiger partial charge in [-0.15, -0.1) is 0 Å². The average molecular weight is 169 g/mol. The molecule has 0 saturated carbocycles. The lowest BCUT2D eigenvalue weighted by molar-refractivity contribution is 0.611. The minimum atomic E-state index is 0.364. The van der Waals surface area contributed by atoms with Gasteiger partial charge in [0.1, 0.15) is 11.8 Å². The standard InChI is InChI=1S/C7H5ClN2O/c1-4-2-11-6-5(4)9-3-10-7(6)8/h2-3H,1H3. The molecular formula is C7H5ClN2O. The van der Waals surface area contributed by atoms with Crippen molar-refractivity contribution in [3.63, 3.8) is 0 Å². The number of furan rings is 1. The molecule has 2 heterocycles. The van der Waals surface area contributed by atoms with Gasteiger partial charge >= 0.3 is 0 Å². The Bertz CT molecular complexity index is 396. The Kier molecular flexibility index (Phi) is 1.32. The van der Waals surface area contributed by atoms with E-state index in [9.17, 15) is 0 Å². The summed E-state index contributed by atoms with van der Waals surface area (Å²) in [6.45, 7) is 1.91. The molecule has 2 aromatic heterocycles. The van der Waals surface area contributed by atoms with E-state index in [-0.39, 0.29) is 0 Å². The van der Waals surface area contributed by atoms with E-state index >= 15 is 0 Å². The van der Waals surface area contributed by atoms with E-state index in [2.05, 4.69) is 9.97 Å². The van der Waals surface area contributed by atoms with Gasteiger partial charge in [0.15, 0.2) is 10.7 Å². The second-order valence-electron chi connectivity index (χ2n) is 2.26. The largest absolute Gasteiger partial charge is 0.459 e. The highest BCUT2D eigenvalue weighted by Gasteiger charge is 2.06. The quantitative estimate of drug-likeness (QED) is 0.566. The van der Waals surface area contributed by atoms with E-state index in [1.807, 2.05) is 6.92 Å². The van der Waals surface area contributed by atoms with Crippen molar-refractivity contribution in [3.8, 4) is 0 Å². The van der Waals surface area contributed by atoms with Crippen molar-refractivity contribution >= 4 is 22.7 Å². The van der Waals surface area contributed by atoms with Gasteiger partial charge in [-0.3, -0.25) is 0 Å². The van der Waals surface area contributed by atoms with Crippen LogP contribution in [0.15, 0.2) is 17.0 Å². The number of aromatic nitrogens is 2. The molecule has 2 aromatic rings. The number of halogens is 1. The molecular weight excluding hydrogens is 164 g/mol. The molecule has 11 heavy (non-hydrogen) atoms. The van der Waals surface area contributed by atoms with Gasteiger partial charge in [0, 0.05) is 5.56 Å². The summed E-state index contributed by atoms with van der Waals surface area (Å²) in [6.07, 6.45) is 3.04. The summed E-state index contributed by atoms with van der Waals surface area (Å²) in [5.41, 5.74) is 2.32. The normalized spacial score (nSPS) is 10.7. The molecule has 0 amide bonds. The molecule has 2 rings (SSSR count). The summed E-state index contributed by atoms with van der Waals surface area (Å²) in [6, 6.07) is 0. The van der Waals surface area contributed by atoms with Crippen LogP contribution >= 0.6 is 11.6 Å². The van der Waals surface area contributed by atoms with E-state index in [0.29, 0.717) is 10.7 Å². The third-order valence-electron chi connectivity index (χ3n) is 1.49. The maximum atomic E-state index is 5.73. The van der Waals surface area contributed by atoms with Crippen LogP contribution in [0.1, 0.15) is 5.56 Å². The fourth-order valence-corrected chi connectivity index (χ4v) is 1.12. The molecule has 0 aromatic carbocycles. The van der Waals surface area contributed by atoms with Crippen molar-refractivity contribution in [3.05, 3.63) is 23.3 Å². The van der Waals surface area contributed by atoms with E-state index < -0.39 is 0 Å². The Hall–Kier alpha value is -1.09. The van der Waals surface area contributed by atoms with Crippen LogP contribution in [0.3, 0.4) is 0 Å². The molecule has 0 aliphatic carbocycles. The Morgan fingerprint density at radius 1 is 1.45 bits per heavy atom. The summed E-state index contributed by atoms with van der Waals surface area (Å²) in [5, 5.41) is 0.364. The number of fused-ring (bicyclic) bond motifs is 1. The summed E-state index contributed by atoms with van der Waals surface area (Å²) in [7, 11) is 0. The van der Waals surface area contributed by atoms with Gasteiger partial charge in [0.05, 0.1) is 6.26 Å². The highest BCUT2D eigenvalue weighted by Crippen LogP contribution is 2.22. The van der Waals surface area contributed by atoms with Crippen LogP contribution < -0.4 is 0 Å². The van der Waals surface area contributed by atoms with Gasteiger partial charge in [-0.1, -0.05) is 11.6 Å². The highest BCUT2D eigenvalue weighted by molar-refractivity contribution is 6.33. The first-order valence-electron chi connectivity index (χ1n) is 3.13. The second-order valence-corrected chi connectivity index (χ2v) is 2.62. The van der Waals surface area contributed by atoms with E-state index in [1.54, 1.807) is 6.26 Å². The zero-order valence-corrected chi connectivity index (χ0v) is 6.59. The first-order chi connectivity index (χ1) is 5.29. The molecule has 4 heteroatoms. The molecule has 0 fully saturated rings. The molecule has 0 radical (unpaired) electrons. The lowest BCUT2D eigenvalue weighted by atomic mass is 10.3. The van der Waals surface area contributed by atoms with Gasteiger partial charge in [0.2, 0.25) is 0 Å². The van der Waals surface area contributed by atoms with E-state index in [4.69, 9.17) is 16.0 Å². The average Bonchev–Trinajstić information content (AvgIpc) is 2.35. The van der Waals surface area contributed by atoms with Crippen LogP contribution in [-0.4, -0.2) is 9.97 Å². The second kappa shape index (κ2) is 2.20. The Labute approximate surface area is 68.0 Å². The van der Waals surface area contributed by atoms with Crippen molar-refractivity contribution in [1.82, 2.24) is 9.97 Å². The Morgan fingerprint density at radius 3 is 3.00 bits per heavy atom. The Morgan fingerprint density at radius 2 is 2.27 bits per heavy atom. The number of hydrogen-bond acceptors (Lipinski definition) is 3. The van der Waals surface area contributed by atoms with Gasteiger partial charge in [-0.2, -0.15) is 0 Å². The SMILES string of the molecule is Cc1coc2c(Cl)ncnc12. The zero-order chi connectivity index (χ0) is 7.84. The lowest BCUT2D eigenvalue weighted by Gasteiger charge is -1.88. The molecule has 0 saturated heterocycles. The molecule has 0 bridgehead atoms. The third kappa shape index (κ3) is 0.886. The predicted molar refractivity (Wildman–Crippen MR) is 41.6 cm³/mol. The zero-order valence-electron chi connectivity index (χ0n) is 5.84. The van der Waals surface area contributed by atoms with Crippen molar-refractivity contribution < 1.29 is 4.42 Å². The fourth-order valence-electron chi connectivity index (χ4n) is 0.941. The molecule has 0 unspecified atom stereocenters. The van der Waals surface area contributed by atoms with Crippen molar-refractivity contribution in [2.45, 2.75) is 6.92 Å². The summed E-state index contributed by atoms with van der Waals surface area (Å²) in [4.78, 5) is 7.79. The van der Waals surface area contributed by atoms with Gasteiger partial charge in [0.25, 0.3) is 0 Å². The maximum Gasteiger partial charge on any atom is 0.189 e. The van der Waals surface area contributed by atoms with Crippen LogP contribution in [-0.2, 0) is 0 Å². The molecule has 0 spiro atoms. The van der Waals surface area contributed by atoms with Crippen molar-refractivity contribution in [1.29, 1.82) is 0 Å². The first kappa shape index (κ1) is 6.61. The van der Waals surface area contributed by atoms with Gasteiger partial charge < -0.3 is 4.42 Å². The third-order valence-corrected chi connectivity index (χ3v) is 1.76. The highest BCUT2D eigenvalue weighted by atomic mass is 35.5. The van der Waals surface area contributed by atoms with Crippen LogP contribution in [0.2, 0.25) is 5.15 Å². The van der Waals surface area contributed by atoms with Crippen molar-refractivity contribution in [2.24, 2.45) is 0 Å². The van der Waals surface area contributed by atoms with Crippen molar-refractivity contribution in [2.75, 3.05) is 0 Å². The lowest BCUT2D eigenvalue weighted by Crippen LogP contribution is -1.79. The minimum Gasteiger partial charge on any atom is -0.459 e. The molecule has 0 atom stereocenters. The molecule has 3 nitrogen and oxygen atoms in total. The van der Waals surface area contributed by atoms with Crippen LogP contribution in [0, 0.1) is 6.92 Å². The van der Waals surface area contributed by atoms with Crippen LogP contribution in [0.5, 0.6) is 0 Å². The van der Waals surface area contributed by atoms with E-state index in [1.165, 1.54) is 6.33 Å². The fraction of sp³-hybridized carbons (Fsp3) is 0.143. The summed E-state index contributed by atoms with van der Waals surface area (Å²) in [5.74, 6) is 0. The Balaban J connectivity index is 2.94. The molecule has 0 aliphatic rings. The minimum absolute atomic E-state index is 0.364. The number of aryl methyl sites for hydroxylation is 1. The monoisotopic (exact) mass is 168 g/mol. The predicted octanol–water partition coefficient (Wildman–Crippen LogP) is 2.18.